The van der Waals surface area contributed by atoms with E-state index < -0.39 is 23.6 Å². The van der Waals surface area contributed by atoms with Crippen LogP contribution in [-0.2, 0) is 4.79 Å². The summed E-state index contributed by atoms with van der Waals surface area (Å²) in [5.41, 5.74) is 2.75. The second-order valence-electron chi connectivity index (χ2n) is 7.63. The number of hydrogen-bond donors (Lipinski definition) is 3. The molecule has 0 radical (unpaired) electrons. The third-order valence-corrected chi connectivity index (χ3v) is 5.83. The number of aromatic nitrogens is 2. The van der Waals surface area contributed by atoms with E-state index in [1.54, 1.807) is 24.5 Å². The van der Waals surface area contributed by atoms with Gasteiger partial charge in [0.05, 0.1) is 0 Å². The van der Waals surface area contributed by atoms with Crippen LogP contribution in [0.15, 0.2) is 91.3 Å². The summed E-state index contributed by atoms with van der Waals surface area (Å²) in [6, 6.07) is 24.4. The lowest BCUT2D eigenvalue weighted by Crippen LogP contribution is -2.31. The van der Waals surface area contributed by atoms with Crippen LogP contribution in [0.1, 0.15) is 27.5 Å². The predicted molar refractivity (Wildman–Crippen MR) is 120 cm³/mol. The van der Waals surface area contributed by atoms with E-state index in [0.717, 1.165) is 27.2 Å². The van der Waals surface area contributed by atoms with E-state index >= 15 is 0 Å². The van der Waals surface area contributed by atoms with Crippen molar-refractivity contribution in [3.05, 3.63) is 108 Å². The Kier molecular flexibility index (Phi) is 4.64. The number of fused-ring (bicyclic) bond motifs is 2. The molecule has 5 rings (SSSR count). The van der Waals surface area contributed by atoms with E-state index in [1.807, 2.05) is 66.7 Å². The van der Waals surface area contributed by atoms with Crippen molar-refractivity contribution in [2.24, 2.45) is 5.92 Å². The minimum Gasteiger partial charge on any atom is -0.481 e. The van der Waals surface area contributed by atoms with Crippen molar-refractivity contribution in [1.82, 2.24) is 9.97 Å². The van der Waals surface area contributed by atoms with Crippen LogP contribution in [0.5, 0.6) is 0 Å². The summed E-state index contributed by atoms with van der Waals surface area (Å²) in [6.45, 7) is 0. The molecule has 5 nitrogen and oxygen atoms in total. The molecule has 0 saturated heterocycles. The molecule has 152 valence electrons. The Morgan fingerprint density at radius 1 is 0.806 bits per heavy atom. The third-order valence-electron chi connectivity index (χ3n) is 5.83. The molecule has 0 spiro atoms. The summed E-state index contributed by atoms with van der Waals surface area (Å²) in [5.74, 6) is -3.51. The average molecular weight is 408 g/mol. The Hall–Kier alpha value is -4.12. The highest BCUT2D eigenvalue weighted by atomic mass is 16.4. The third kappa shape index (κ3) is 3.30. The minimum absolute atomic E-state index is 0.391. The molecule has 3 aromatic carbocycles. The molecule has 2 unspecified atom stereocenters. The van der Waals surface area contributed by atoms with Crippen molar-refractivity contribution < 1.29 is 14.7 Å². The van der Waals surface area contributed by atoms with Gasteiger partial charge in [-0.25, -0.2) is 0 Å². The summed E-state index contributed by atoms with van der Waals surface area (Å²) in [4.78, 5) is 32.4. The maximum atomic E-state index is 13.6. The fourth-order valence-electron chi connectivity index (χ4n) is 4.34. The molecule has 2 heterocycles. The number of aliphatic carboxylic acids is 1. The van der Waals surface area contributed by atoms with Crippen LogP contribution in [0.2, 0.25) is 0 Å². The smallest absolute Gasteiger partial charge is 0.315 e. The average Bonchev–Trinajstić information content (AvgIpc) is 3.47. The summed E-state index contributed by atoms with van der Waals surface area (Å²) in [5, 5.41) is 13.0. The number of benzene rings is 3. The zero-order valence-electron chi connectivity index (χ0n) is 16.6. The number of aromatic amines is 2. The Morgan fingerprint density at radius 3 is 2.35 bits per heavy atom. The van der Waals surface area contributed by atoms with E-state index in [1.165, 1.54) is 0 Å². The molecule has 31 heavy (non-hydrogen) atoms. The number of Topliss-reactive ketones (excluding diaryl/α,β-unsaturated/α-hetero) is 1. The number of nitrogens with one attached hydrogen (secondary N) is 2. The second-order valence-corrected chi connectivity index (χ2v) is 7.63. The van der Waals surface area contributed by atoms with E-state index in [2.05, 4.69) is 9.97 Å². The highest BCUT2D eigenvalue weighted by Gasteiger charge is 2.39. The number of hydrogen-bond acceptors (Lipinski definition) is 2. The molecular formula is C26H20N2O3. The molecule has 2 aromatic heterocycles. The van der Waals surface area contributed by atoms with Crippen LogP contribution < -0.4 is 0 Å². The molecule has 2 atom stereocenters. The molecule has 5 aromatic rings. The first kappa shape index (κ1) is 18.9. The lowest BCUT2D eigenvalue weighted by atomic mass is 9.79. The summed E-state index contributed by atoms with van der Waals surface area (Å²) in [6.07, 6.45) is 3.55. The van der Waals surface area contributed by atoms with Crippen LogP contribution in [0.4, 0.5) is 0 Å². The van der Waals surface area contributed by atoms with E-state index in [4.69, 9.17) is 0 Å². The van der Waals surface area contributed by atoms with Crippen molar-refractivity contribution in [2.75, 3.05) is 0 Å². The molecule has 0 amide bonds. The lowest BCUT2D eigenvalue weighted by molar-refractivity contribution is -0.140. The van der Waals surface area contributed by atoms with E-state index in [0.29, 0.717) is 11.3 Å². The van der Waals surface area contributed by atoms with Crippen LogP contribution in [0.3, 0.4) is 0 Å². The number of carbonyl (C=O) groups is 2. The van der Waals surface area contributed by atoms with Gasteiger partial charge in [-0.2, -0.15) is 0 Å². The quantitative estimate of drug-likeness (QED) is 0.261. The SMILES string of the molecule is O=C(O)C(C(=O)c1ccc2ccccc2c1)C(c1ccc[nH]1)c1c[nH]c2ccccc12. The van der Waals surface area contributed by atoms with Crippen LogP contribution in [0, 0.1) is 5.92 Å². The molecular weight excluding hydrogens is 388 g/mol. The molecule has 0 fully saturated rings. The first-order chi connectivity index (χ1) is 15.1. The Morgan fingerprint density at radius 2 is 1.58 bits per heavy atom. The number of ketones is 1. The van der Waals surface area contributed by atoms with Gasteiger partial charge in [0.1, 0.15) is 5.92 Å². The number of H-pyrrole nitrogens is 2. The van der Waals surface area contributed by atoms with Gasteiger partial charge in [0.15, 0.2) is 5.78 Å². The summed E-state index contributed by atoms with van der Waals surface area (Å²) in [7, 11) is 0. The number of carboxylic acids is 1. The standard InChI is InChI=1S/C26H20N2O3/c29-25(18-12-11-16-6-1-2-7-17(16)14-18)24(26(30)31)23(22-10-5-13-27-22)20-15-28-21-9-4-3-8-19(20)21/h1-15,23-24,27-28H,(H,30,31). The molecule has 0 bridgehead atoms. The van der Waals surface area contributed by atoms with Gasteiger partial charge in [0.25, 0.3) is 0 Å². The monoisotopic (exact) mass is 408 g/mol. The first-order valence-electron chi connectivity index (χ1n) is 10.1. The van der Waals surface area contributed by atoms with Gasteiger partial charge in [-0.15, -0.1) is 0 Å². The Balaban J connectivity index is 1.66. The van der Waals surface area contributed by atoms with Crippen molar-refractivity contribution in [3.8, 4) is 0 Å². The van der Waals surface area contributed by atoms with Gasteiger partial charge >= 0.3 is 5.97 Å². The topological polar surface area (TPSA) is 85.9 Å². The fourth-order valence-corrected chi connectivity index (χ4v) is 4.34. The number of carbonyl (C=O) groups excluding carboxylic acids is 1. The van der Waals surface area contributed by atoms with E-state index in [9.17, 15) is 14.7 Å². The molecule has 5 heteroatoms. The van der Waals surface area contributed by atoms with Gasteiger partial charge in [0, 0.05) is 40.5 Å². The maximum absolute atomic E-state index is 13.6. The van der Waals surface area contributed by atoms with Gasteiger partial charge < -0.3 is 15.1 Å². The number of rotatable bonds is 6. The fraction of sp³-hybridized carbons (Fsp3) is 0.0769. The molecule has 0 aliphatic rings. The maximum Gasteiger partial charge on any atom is 0.315 e. The minimum atomic E-state index is -1.28. The Labute approximate surface area is 178 Å². The molecule has 0 aliphatic carbocycles. The number of carboxylic acid groups (broad SMARTS) is 1. The zero-order valence-corrected chi connectivity index (χ0v) is 16.6. The second kappa shape index (κ2) is 7.61. The van der Waals surface area contributed by atoms with Gasteiger partial charge in [-0.3, -0.25) is 9.59 Å². The first-order valence-corrected chi connectivity index (χ1v) is 10.1. The largest absolute Gasteiger partial charge is 0.481 e. The highest BCUT2D eigenvalue weighted by molar-refractivity contribution is 6.11. The normalized spacial score (nSPS) is 13.3. The molecule has 3 N–H and O–H groups in total. The van der Waals surface area contributed by atoms with Crippen molar-refractivity contribution in [3.63, 3.8) is 0 Å². The van der Waals surface area contributed by atoms with Gasteiger partial charge in [-0.05, 0) is 40.6 Å². The van der Waals surface area contributed by atoms with Crippen molar-refractivity contribution in [1.29, 1.82) is 0 Å². The van der Waals surface area contributed by atoms with E-state index in [-0.39, 0.29) is 0 Å². The predicted octanol–water partition coefficient (Wildman–Crippen LogP) is 5.36. The van der Waals surface area contributed by atoms with Gasteiger partial charge in [-0.1, -0.05) is 54.6 Å². The number of para-hydroxylation sites is 1. The zero-order chi connectivity index (χ0) is 21.4. The van der Waals surface area contributed by atoms with Gasteiger partial charge in [0.2, 0.25) is 0 Å². The van der Waals surface area contributed by atoms with Crippen LogP contribution >= 0.6 is 0 Å². The van der Waals surface area contributed by atoms with Crippen LogP contribution in [0.25, 0.3) is 21.7 Å². The summed E-state index contributed by atoms with van der Waals surface area (Å²) < 4.78 is 0. The van der Waals surface area contributed by atoms with Crippen LogP contribution in [-0.4, -0.2) is 26.8 Å². The molecule has 0 saturated carbocycles. The highest BCUT2D eigenvalue weighted by Crippen LogP contribution is 2.37. The van der Waals surface area contributed by atoms with Crippen molar-refractivity contribution in [2.45, 2.75) is 5.92 Å². The summed E-state index contributed by atoms with van der Waals surface area (Å²) >= 11 is 0. The Bertz CT molecular complexity index is 1400. The van der Waals surface area contributed by atoms with Crippen molar-refractivity contribution >= 4 is 33.4 Å². The lowest BCUT2D eigenvalue weighted by Gasteiger charge is -2.22. The molecule has 0 aliphatic heterocycles.